The number of ether oxygens (including phenoxy) is 1. The van der Waals surface area contributed by atoms with Crippen LogP contribution in [-0.4, -0.2) is 59.5 Å². The van der Waals surface area contributed by atoms with Crippen molar-refractivity contribution in [2.45, 2.75) is 90.8 Å². The average molecular weight is 534 g/mol. The Morgan fingerprint density at radius 1 is 1.14 bits per heavy atom. The number of nitrogens with zero attached hydrogens (tertiary/aromatic N) is 1. The summed E-state index contributed by atoms with van der Waals surface area (Å²) in [5, 5.41) is 5.82. The molecule has 0 aliphatic rings. The molecule has 8 heteroatoms. The van der Waals surface area contributed by atoms with E-state index in [1.54, 1.807) is 43.5 Å². The number of carbonyl (C=O) groups excluding carboxylic acids is 3. The van der Waals surface area contributed by atoms with E-state index in [-0.39, 0.29) is 11.8 Å². The van der Waals surface area contributed by atoms with Crippen LogP contribution in [0.4, 0.5) is 4.79 Å². The van der Waals surface area contributed by atoms with Crippen LogP contribution >= 0.6 is 11.8 Å². The molecule has 1 rings (SSSR count). The van der Waals surface area contributed by atoms with E-state index < -0.39 is 23.8 Å². The van der Waals surface area contributed by atoms with Crippen LogP contribution in [0.2, 0.25) is 0 Å². The Kier molecular flexibility index (Phi) is 15.0. The number of unbranched alkanes of at least 4 members (excludes halogenated alkanes) is 3. The second kappa shape index (κ2) is 17.1. The van der Waals surface area contributed by atoms with Gasteiger partial charge in [-0.25, -0.2) is 4.79 Å². The maximum atomic E-state index is 14.1. The number of rotatable bonds is 16. The highest BCUT2D eigenvalue weighted by atomic mass is 32.2. The van der Waals surface area contributed by atoms with Gasteiger partial charge in [0.25, 0.3) is 0 Å². The van der Waals surface area contributed by atoms with Gasteiger partial charge < -0.3 is 20.3 Å². The number of hydrogen-bond donors (Lipinski definition) is 2. The van der Waals surface area contributed by atoms with E-state index in [1.807, 2.05) is 37.4 Å². The molecule has 0 aliphatic carbocycles. The number of amides is 3. The van der Waals surface area contributed by atoms with Crippen LogP contribution in [0.3, 0.4) is 0 Å². The largest absolute Gasteiger partial charge is 0.444 e. The standard InChI is InChI=1S/C29H47N3O4S/c1-8-11-13-18-30-26(33)25(23-16-14-15-22(10-3)21-23)32(19-12-9-2)27(34)24(17-20-37-7)31-28(35)36-29(4,5)6/h10,14-16,21,24-25H,3,8-9,11-13,17-20H2,1-2,4-7H3,(H,30,33)(H,31,35). The van der Waals surface area contributed by atoms with Gasteiger partial charge in [-0.15, -0.1) is 0 Å². The third kappa shape index (κ3) is 12.1. The van der Waals surface area contributed by atoms with Gasteiger partial charge in [0, 0.05) is 13.1 Å². The predicted octanol–water partition coefficient (Wildman–Crippen LogP) is 5.95. The Labute approximate surface area is 228 Å². The Balaban J connectivity index is 3.42. The Bertz CT molecular complexity index is 869. The topological polar surface area (TPSA) is 87.7 Å². The van der Waals surface area contributed by atoms with Crippen molar-refractivity contribution in [2.75, 3.05) is 25.1 Å². The van der Waals surface area contributed by atoms with E-state index in [4.69, 9.17) is 4.74 Å². The molecule has 7 nitrogen and oxygen atoms in total. The van der Waals surface area contributed by atoms with Gasteiger partial charge in [0.2, 0.25) is 11.8 Å². The average Bonchev–Trinajstić information content (AvgIpc) is 2.85. The van der Waals surface area contributed by atoms with Crippen LogP contribution in [0.25, 0.3) is 6.08 Å². The van der Waals surface area contributed by atoms with Crippen molar-refractivity contribution >= 4 is 35.7 Å². The summed E-state index contributed by atoms with van der Waals surface area (Å²) in [5.74, 6) is 0.168. The fourth-order valence-electron chi connectivity index (χ4n) is 3.85. The molecular formula is C29H47N3O4S. The molecule has 0 fully saturated rings. The molecule has 1 aromatic rings. The number of nitrogens with one attached hydrogen (secondary N) is 2. The molecule has 2 unspecified atom stereocenters. The molecule has 2 atom stereocenters. The van der Waals surface area contributed by atoms with Crippen LogP contribution in [-0.2, 0) is 14.3 Å². The van der Waals surface area contributed by atoms with Crippen LogP contribution in [0, 0.1) is 0 Å². The fraction of sp³-hybridized carbons (Fsp3) is 0.621. The van der Waals surface area contributed by atoms with Crippen molar-refractivity contribution in [3.8, 4) is 0 Å². The summed E-state index contributed by atoms with van der Waals surface area (Å²) in [6.07, 6.45) is 8.00. The molecule has 0 radical (unpaired) electrons. The van der Waals surface area contributed by atoms with Crippen molar-refractivity contribution in [1.29, 1.82) is 0 Å². The quantitative estimate of drug-likeness (QED) is 0.256. The molecule has 2 N–H and O–H groups in total. The van der Waals surface area contributed by atoms with E-state index in [2.05, 4.69) is 24.1 Å². The van der Waals surface area contributed by atoms with E-state index in [0.29, 0.717) is 25.3 Å². The van der Waals surface area contributed by atoms with Crippen LogP contribution in [0.5, 0.6) is 0 Å². The maximum absolute atomic E-state index is 14.1. The summed E-state index contributed by atoms with van der Waals surface area (Å²) in [4.78, 5) is 41.9. The van der Waals surface area contributed by atoms with Crippen molar-refractivity contribution < 1.29 is 19.1 Å². The molecule has 0 heterocycles. The smallest absolute Gasteiger partial charge is 0.408 e. The minimum absolute atomic E-state index is 0.220. The zero-order valence-corrected chi connectivity index (χ0v) is 24.4. The highest BCUT2D eigenvalue weighted by Crippen LogP contribution is 2.25. The molecule has 0 saturated heterocycles. The van der Waals surface area contributed by atoms with Gasteiger partial charge in [-0.05, 0) is 69.2 Å². The first kappa shape index (κ1) is 32.5. The van der Waals surface area contributed by atoms with E-state index >= 15 is 0 Å². The van der Waals surface area contributed by atoms with Gasteiger partial charge in [0.1, 0.15) is 17.7 Å². The molecule has 0 spiro atoms. The van der Waals surface area contributed by atoms with Crippen molar-refractivity contribution in [3.05, 3.63) is 42.0 Å². The second-order valence-corrected chi connectivity index (χ2v) is 11.1. The van der Waals surface area contributed by atoms with Crippen molar-refractivity contribution in [1.82, 2.24) is 15.5 Å². The lowest BCUT2D eigenvalue weighted by Crippen LogP contribution is -2.53. The lowest BCUT2D eigenvalue weighted by molar-refractivity contribution is -0.142. The highest BCUT2D eigenvalue weighted by Gasteiger charge is 2.35. The molecule has 0 aromatic heterocycles. The van der Waals surface area contributed by atoms with Crippen LogP contribution in [0.1, 0.15) is 90.3 Å². The maximum Gasteiger partial charge on any atom is 0.408 e. The number of thioether (sulfide) groups is 1. The molecule has 0 aliphatic heterocycles. The molecular weight excluding hydrogens is 486 g/mol. The Morgan fingerprint density at radius 2 is 1.84 bits per heavy atom. The fourth-order valence-corrected chi connectivity index (χ4v) is 4.32. The number of carbonyl (C=O) groups is 3. The first-order valence-electron chi connectivity index (χ1n) is 13.4. The third-order valence-corrected chi connectivity index (χ3v) is 6.38. The van der Waals surface area contributed by atoms with Gasteiger partial charge >= 0.3 is 6.09 Å². The molecule has 0 bridgehead atoms. The lowest BCUT2D eigenvalue weighted by atomic mass is 9.99. The number of alkyl carbamates (subject to hydrolysis) is 1. The highest BCUT2D eigenvalue weighted by molar-refractivity contribution is 7.98. The summed E-state index contributed by atoms with van der Waals surface area (Å²) in [6, 6.07) is 5.92. The normalized spacial score (nSPS) is 12.8. The number of hydrogen-bond acceptors (Lipinski definition) is 5. The molecule has 208 valence electrons. The van der Waals surface area contributed by atoms with E-state index in [1.165, 1.54) is 0 Å². The molecule has 3 amide bonds. The summed E-state index contributed by atoms with van der Waals surface area (Å²) in [6.45, 7) is 14.3. The first-order chi connectivity index (χ1) is 17.6. The summed E-state index contributed by atoms with van der Waals surface area (Å²) in [5.41, 5.74) is 0.899. The van der Waals surface area contributed by atoms with Crippen LogP contribution in [0.15, 0.2) is 30.8 Å². The first-order valence-corrected chi connectivity index (χ1v) is 14.8. The summed E-state index contributed by atoms with van der Waals surface area (Å²) < 4.78 is 5.44. The minimum atomic E-state index is -0.821. The summed E-state index contributed by atoms with van der Waals surface area (Å²) >= 11 is 1.60. The molecule has 37 heavy (non-hydrogen) atoms. The van der Waals surface area contributed by atoms with E-state index in [9.17, 15) is 14.4 Å². The van der Waals surface area contributed by atoms with Gasteiger partial charge in [-0.1, -0.05) is 64.0 Å². The number of benzene rings is 1. The minimum Gasteiger partial charge on any atom is -0.444 e. The van der Waals surface area contributed by atoms with E-state index in [0.717, 1.165) is 43.2 Å². The van der Waals surface area contributed by atoms with Gasteiger partial charge in [0.05, 0.1) is 0 Å². The Morgan fingerprint density at radius 3 is 2.43 bits per heavy atom. The monoisotopic (exact) mass is 533 g/mol. The lowest BCUT2D eigenvalue weighted by Gasteiger charge is -2.34. The zero-order chi connectivity index (χ0) is 27.8. The predicted molar refractivity (Wildman–Crippen MR) is 155 cm³/mol. The third-order valence-electron chi connectivity index (χ3n) is 5.74. The second-order valence-electron chi connectivity index (χ2n) is 10.1. The van der Waals surface area contributed by atoms with Crippen molar-refractivity contribution in [2.24, 2.45) is 0 Å². The van der Waals surface area contributed by atoms with Crippen LogP contribution < -0.4 is 10.6 Å². The van der Waals surface area contributed by atoms with Gasteiger partial charge in [0.15, 0.2) is 0 Å². The zero-order valence-electron chi connectivity index (χ0n) is 23.6. The molecule has 1 aromatic carbocycles. The SMILES string of the molecule is C=Cc1cccc(C(C(=O)NCCCCC)N(CCCC)C(=O)C(CCSC)NC(=O)OC(C)(C)C)c1. The van der Waals surface area contributed by atoms with Gasteiger partial charge in [-0.2, -0.15) is 11.8 Å². The molecule has 0 saturated carbocycles. The van der Waals surface area contributed by atoms with Gasteiger partial charge in [-0.3, -0.25) is 9.59 Å². The van der Waals surface area contributed by atoms with Crippen molar-refractivity contribution in [3.63, 3.8) is 0 Å². The summed E-state index contributed by atoms with van der Waals surface area (Å²) in [7, 11) is 0. The Hall–Kier alpha value is -2.48.